The molecule has 2 aromatic heterocycles. The summed E-state index contributed by atoms with van der Waals surface area (Å²) in [6, 6.07) is 3.99. The van der Waals surface area contributed by atoms with Crippen LogP contribution in [0.5, 0.6) is 0 Å². The highest BCUT2D eigenvalue weighted by atomic mass is 32.1. The van der Waals surface area contributed by atoms with Crippen molar-refractivity contribution in [3.63, 3.8) is 0 Å². The predicted molar refractivity (Wildman–Crippen MR) is 67.3 cm³/mol. The van der Waals surface area contributed by atoms with Gasteiger partial charge >= 0.3 is 0 Å². The van der Waals surface area contributed by atoms with Crippen LogP contribution in [0.4, 0.5) is 5.82 Å². The van der Waals surface area contributed by atoms with Crippen molar-refractivity contribution in [3.05, 3.63) is 28.8 Å². The van der Waals surface area contributed by atoms with E-state index < -0.39 is 0 Å². The van der Waals surface area contributed by atoms with E-state index in [1.807, 2.05) is 24.4 Å². The molecule has 4 nitrogen and oxygen atoms in total. The van der Waals surface area contributed by atoms with Crippen LogP contribution >= 0.6 is 11.3 Å². The number of aryl methyl sites for hydroxylation is 1. The number of thiophene rings is 1. The Bertz CT molecular complexity index is 479. The number of nitrogens with two attached hydrogens (primary N) is 1. The zero-order valence-electron chi connectivity index (χ0n) is 9.32. The minimum absolute atomic E-state index is 0.721. The van der Waals surface area contributed by atoms with Gasteiger partial charge < -0.3 is 5.43 Å². The molecule has 0 amide bonds. The first-order valence-corrected chi connectivity index (χ1v) is 6.02. The SMILES string of the molecule is CCc1c(C)nc(-c2cccs2)nc1NN. The summed E-state index contributed by atoms with van der Waals surface area (Å²) < 4.78 is 0. The van der Waals surface area contributed by atoms with Crippen LogP contribution in [-0.4, -0.2) is 9.97 Å². The second-order valence-corrected chi connectivity index (χ2v) is 4.38. The summed E-state index contributed by atoms with van der Waals surface area (Å²) in [7, 11) is 0. The van der Waals surface area contributed by atoms with Crippen LogP contribution in [0.2, 0.25) is 0 Å². The van der Waals surface area contributed by atoms with Gasteiger partial charge in [-0.15, -0.1) is 11.3 Å². The van der Waals surface area contributed by atoms with E-state index in [4.69, 9.17) is 5.84 Å². The molecule has 3 N–H and O–H groups in total. The minimum Gasteiger partial charge on any atom is -0.308 e. The molecule has 2 rings (SSSR count). The molecule has 2 heterocycles. The van der Waals surface area contributed by atoms with Crippen LogP contribution in [0, 0.1) is 6.92 Å². The molecule has 0 fully saturated rings. The summed E-state index contributed by atoms with van der Waals surface area (Å²) in [4.78, 5) is 9.98. The normalized spacial score (nSPS) is 10.4. The Morgan fingerprint density at radius 2 is 2.25 bits per heavy atom. The van der Waals surface area contributed by atoms with Crippen molar-refractivity contribution in [2.75, 3.05) is 5.43 Å². The van der Waals surface area contributed by atoms with E-state index in [-0.39, 0.29) is 0 Å². The lowest BCUT2D eigenvalue weighted by molar-refractivity contribution is 0.997. The molecule has 84 valence electrons. The molecule has 0 aliphatic rings. The number of hydrogen-bond acceptors (Lipinski definition) is 5. The van der Waals surface area contributed by atoms with Crippen molar-refractivity contribution in [1.29, 1.82) is 0 Å². The molecule has 5 heteroatoms. The lowest BCUT2D eigenvalue weighted by Crippen LogP contribution is -2.13. The highest BCUT2D eigenvalue weighted by molar-refractivity contribution is 7.13. The Morgan fingerprint density at radius 1 is 1.44 bits per heavy atom. The molecule has 0 saturated carbocycles. The third-order valence-corrected chi connectivity index (χ3v) is 3.31. The summed E-state index contributed by atoms with van der Waals surface area (Å²) in [5, 5.41) is 2.01. The second-order valence-electron chi connectivity index (χ2n) is 3.43. The Morgan fingerprint density at radius 3 is 2.81 bits per heavy atom. The number of nitrogens with one attached hydrogen (secondary N) is 1. The van der Waals surface area contributed by atoms with Gasteiger partial charge in [-0.05, 0) is 24.8 Å². The third kappa shape index (κ3) is 1.91. The van der Waals surface area contributed by atoms with Gasteiger partial charge in [0.15, 0.2) is 5.82 Å². The van der Waals surface area contributed by atoms with Crippen LogP contribution < -0.4 is 11.3 Å². The minimum atomic E-state index is 0.721. The highest BCUT2D eigenvalue weighted by Crippen LogP contribution is 2.25. The van der Waals surface area contributed by atoms with E-state index >= 15 is 0 Å². The van der Waals surface area contributed by atoms with Gasteiger partial charge in [0.2, 0.25) is 0 Å². The van der Waals surface area contributed by atoms with Gasteiger partial charge in [0.05, 0.1) is 4.88 Å². The summed E-state index contributed by atoms with van der Waals surface area (Å²) >= 11 is 1.62. The van der Waals surface area contributed by atoms with Gasteiger partial charge in [-0.3, -0.25) is 0 Å². The Labute approximate surface area is 98.5 Å². The number of anilines is 1. The van der Waals surface area contributed by atoms with E-state index in [9.17, 15) is 0 Å². The molecule has 0 atom stereocenters. The standard InChI is InChI=1S/C11H14N4S/c1-3-8-7(2)13-11(14-10(8)15-12)9-5-4-6-16-9/h4-6H,3,12H2,1-2H3,(H,13,14,15). The smallest absolute Gasteiger partial charge is 0.171 e. The second kappa shape index (κ2) is 4.59. The lowest BCUT2D eigenvalue weighted by atomic mass is 10.1. The van der Waals surface area contributed by atoms with E-state index in [1.54, 1.807) is 11.3 Å². The Kier molecular flexibility index (Phi) is 3.17. The quantitative estimate of drug-likeness (QED) is 0.632. The number of hydrogen-bond donors (Lipinski definition) is 2. The first-order chi connectivity index (χ1) is 7.76. The number of nitrogen functional groups attached to an aromatic ring is 1. The van der Waals surface area contributed by atoms with Crippen LogP contribution in [-0.2, 0) is 6.42 Å². The number of aromatic nitrogens is 2. The molecule has 0 unspecified atom stereocenters. The van der Waals surface area contributed by atoms with Gasteiger partial charge in [0.25, 0.3) is 0 Å². The summed E-state index contributed by atoms with van der Waals surface area (Å²) in [6.45, 7) is 4.05. The fraction of sp³-hybridized carbons (Fsp3) is 0.273. The van der Waals surface area contributed by atoms with E-state index in [0.717, 1.165) is 34.2 Å². The van der Waals surface area contributed by atoms with Crippen molar-refractivity contribution in [3.8, 4) is 10.7 Å². The molecule has 0 radical (unpaired) electrons. The monoisotopic (exact) mass is 234 g/mol. The van der Waals surface area contributed by atoms with Gasteiger partial charge in [-0.1, -0.05) is 13.0 Å². The molecule has 2 aromatic rings. The first-order valence-electron chi connectivity index (χ1n) is 5.14. The topological polar surface area (TPSA) is 63.8 Å². The van der Waals surface area contributed by atoms with Gasteiger partial charge in [0.1, 0.15) is 5.82 Å². The number of hydrazine groups is 1. The van der Waals surface area contributed by atoms with Gasteiger partial charge in [-0.2, -0.15) is 0 Å². The Hall–Kier alpha value is -1.46. The largest absolute Gasteiger partial charge is 0.308 e. The molecule has 0 bridgehead atoms. The molecular weight excluding hydrogens is 220 g/mol. The van der Waals surface area contributed by atoms with Crippen molar-refractivity contribution in [1.82, 2.24) is 9.97 Å². The van der Waals surface area contributed by atoms with Crippen LogP contribution in [0.15, 0.2) is 17.5 Å². The number of rotatable bonds is 3. The van der Waals surface area contributed by atoms with Crippen LogP contribution in [0.1, 0.15) is 18.2 Å². The predicted octanol–water partition coefficient (Wildman–Crippen LogP) is 2.36. The molecule has 0 aliphatic carbocycles. The maximum absolute atomic E-state index is 5.48. The van der Waals surface area contributed by atoms with Crippen molar-refractivity contribution in [2.45, 2.75) is 20.3 Å². The summed E-state index contributed by atoms with van der Waals surface area (Å²) in [5.74, 6) is 6.94. The molecule has 0 spiro atoms. The van der Waals surface area contributed by atoms with Crippen molar-refractivity contribution >= 4 is 17.2 Å². The molecular formula is C11H14N4S. The summed E-state index contributed by atoms with van der Waals surface area (Å²) in [5.41, 5.74) is 4.70. The fourth-order valence-electron chi connectivity index (χ4n) is 1.65. The lowest BCUT2D eigenvalue weighted by Gasteiger charge is -2.10. The maximum Gasteiger partial charge on any atom is 0.171 e. The molecule has 0 aliphatic heterocycles. The van der Waals surface area contributed by atoms with Gasteiger partial charge in [0, 0.05) is 11.3 Å². The van der Waals surface area contributed by atoms with Crippen molar-refractivity contribution in [2.24, 2.45) is 5.84 Å². The van der Waals surface area contributed by atoms with E-state index in [1.165, 1.54) is 0 Å². The van der Waals surface area contributed by atoms with Crippen LogP contribution in [0.3, 0.4) is 0 Å². The van der Waals surface area contributed by atoms with Crippen LogP contribution in [0.25, 0.3) is 10.7 Å². The summed E-state index contributed by atoms with van der Waals surface area (Å²) in [6.07, 6.45) is 0.871. The molecule has 0 saturated heterocycles. The Balaban J connectivity index is 2.54. The third-order valence-electron chi connectivity index (χ3n) is 2.45. The first kappa shape index (κ1) is 11.0. The average Bonchev–Trinajstić information content (AvgIpc) is 2.81. The average molecular weight is 234 g/mol. The van der Waals surface area contributed by atoms with E-state index in [2.05, 4.69) is 22.3 Å². The zero-order valence-corrected chi connectivity index (χ0v) is 10.1. The maximum atomic E-state index is 5.48. The highest BCUT2D eigenvalue weighted by Gasteiger charge is 2.10. The number of nitrogens with zero attached hydrogens (tertiary/aromatic N) is 2. The molecule has 0 aromatic carbocycles. The zero-order chi connectivity index (χ0) is 11.5. The van der Waals surface area contributed by atoms with Gasteiger partial charge in [-0.25, -0.2) is 15.8 Å². The van der Waals surface area contributed by atoms with Crippen molar-refractivity contribution < 1.29 is 0 Å². The molecule has 16 heavy (non-hydrogen) atoms. The van der Waals surface area contributed by atoms with E-state index in [0.29, 0.717) is 0 Å². The fourth-order valence-corrected chi connectivity index (χ4v) is 2.31.